The van der Waals surface area contributed by atoms with Gasteiger partial charge in [-0.25, -0.2) is 4.79 Å². The van der Waals surface area contributed by atoms with Crippen molar-refractivity contribution in [3.63, 3.8) is 0 Å². The second-order valence-electron chi connectivity index (χ2n) is 18.4. The molecule has 3 amide bonds. The molecule has 59 heavy (non-hydrogen) atoms. The first-order valence-corrected chi connectivity index (χ1v) is 21.9. The number of nitrogens with one attached hydrogen (secondary N) is 3. The third-order valence-electron chi connectivity index (χ3n) is 14.5. The second-order valence-corrected chi connectivity index (χ2v) is 18.4. The van der Waals surface area contributed by atoms with E-state index >= 15 is 0 Å². The fraction of sp³-hybridized carbons (Fsp3) is 0.469. The van der Waals surface area contributed by atoms with E-state index < -0.39 is 11.8 Å². The molecule has 4 N–H and O–H groups in total. The zero-order chi connectivity index (χ0) is 40.0. The summed E-state index contributed by atoms with van der Waals surface area (Å²) in [5.41, 5.74) is 6.62. The fourth-order valence-corrected chi connectivity index (χ4v) is 12.0. The molecule has 7 aliphatic rings. The number of aliphatic hydroxyl groups excluding tert-OH is 1. The third kappa shape index (κ3) is 7.76. The van der Waals surface area contributed by atoms with Crippen LogP contribution >= 0.6 is 0 Å². The van der Waals surface area contributed by atoms with E-state index in [1.165, 1.54) is 19.3 Å². The predicted molar refractivity (Wildman–Crippen MR) is 227 cm³/mol. The Morgan fingerprint density at radius 1 is 0.780 bits per heavy atom. The van der Waals surface area contributed by atoms with Gasteiger partial charge in [-0.05, 0) is 109 Å². The molecule has 3 saturated heterocycles. The highest BCUT2D eigenvalue weighted by Gasteiger charge is 2.52. The lowest BCUT2D eigenvalue weighted by Gasteiger charge is -2.56. The van der Waals surface area contributed by atoms with Gasteiger partial charge in [-0.1, -0.05) is 91.0 Å². The number of nitrogens with zero attached hydrogens (tertiary/aromatic N) is 2. The zero-order valence-corrected chi connectivity index (χ0v) is 33.9. The van der Waals surface area contributed by atoms with Crippen LogP contribution in [0, 0.1) is 17.8 Å². The molecule has 0 radical (unpaired) electrons. The molecule has 10 nitrogen and oxygen atoms in total. The van der Waals surface area contributed by atoms with Crippen molar-refractivity contribution in [1.82, 2.24) is 20.9 Å². The summed E-state index contributed by atoms with van der Waals surface area (Å²) >= 11 is 0. The van der Waals surface area contributed by atoms with Crippen molar-refractivity contribution in [2.45, 2.75) is 101 Å². The Hall–Kier alpha value is -4.74. The first kappa shape index (κ1) is 38.5. The maximum Gasteiger partial charge on any atom is 0.315 e. The monoisotopic (exact) mass is 795 g/mol. The second kappa shape index (κ2) is 16.0. The van der Waals surface area contributed by atoms with Gasteiger partial charge in [0.15, 0.2) is 6.29 Å². The number of aliphatic hydroxyl groups is 1. The summed E-state index contributed by atoms with van der Waals surface area (Å²) in [6, 6.07) is 35.0. The number of anilines is 1. The number of amides is 3. The van der Waals surface area contributed by atoms with Crippen molar-refractivity contribution in [3.8, 4) is 11.1 Å². The average molecular weight is 796 g/mol. The summed E-state index contributed by atoms with van der Waals surface area (Å²) in [5.74, 6) is 2.46. The highest BCUT2D eigenvalue weighted by atomic mass is 16.7. The Labute approximate surface area is 347 Å². The van der Waals surface area contributed by atoms with Crippen LogP contribution in [0.3, 0.4) is 0 Å². The number of rotatable bonds is 10. The molecular weight excluding hydrogens is 739 g/mol. The molecule has 3 heterocycles. The number of urea groups is 1. The van der Waals surface area contributed by atoms with E-state index in [4.69, 9.17) is 9.47 Å². The van der Waals surface area contributed by atoms with Gasteiger partial charge in [0.1, 0.15) is 5.54 Å². The number of para-hydroxylation sites is 1. The summed E-state index contributed by atoms with van der Waals surface area (Å²) in [6.45, 7) is 3.32. The molecule has 0 unspecified atom stereocenters. The molecule has 4 saturated carbocycles. The van der Waals surface area contributed by atoms with Crippen molar-refractivity contribution < 1.29 is 24.2 Å². The number of likely N-dealkylation sites (tertiary alicyclic amines) is 1. The van der Waals surface area contributed by atoms with Gasteiger partial charge in [0.25, 0.3) is 0 Å². The van der Waals surface area contributed by atoms with Crippen molar-refractivity contribution in [1.29, 1.82) is 0 Å². The molecule has 3 atom stereocenters. The maximum absolute atomic E-state index is 13.3. The van der Waals surface area contributed by atoms with Gasteiger partial charge in [0, 0.05) is 49.4 Å². The molecule has 11 rings (SSSR count). The Balaban J connectivity index is 0.817. The molecule has 3 aliphatic heterocycles. The fourth-order valence-electron chi connectivity index (χ4n) is 12.0. The number of carbonyl (C=O) groups excluding carboxylic acids is 2. The Morgan fingerprint density at radius 2 is 1.44 bits per heavy atom. The van der Waals surface area contributed by atoms with Gasteiger partial charge in [-0.3, -0.25) is 4.79 Å². The van der Waals surface area contributed by atoms with Crippen molar-refractivity contribution in [2.75, 3.05) is 31.2 Å². The van der Waals surface area contributed by atoms with Crippen molar-refractivity contribution in [3.05, 3.63) is 125 Å². The highest BCUT2D eigenvalue weighted by molar-refractivity contribution is 5.93. The summed E-state index contributed by atoms with van der Waals surface area (Å²) in [4.78, 5) is 31.4. The molecule has 4 aliphatic carbocycles. The molecular formula is C49H57N5O5. The van der Waals surface area contributed by atoms with Crippen molar-refractivity contribution >= 4 is 17.6 Å². The van der Waals surface area contributed by atoms with Crippen LogP contribution in [0.4, 0.5) is 10.5 Å². The molecule has 4 aromatic carbocycles. The lowest BCUT2D eigenvalue weighted by atomic mass is 9.53. The summed E-state index contributed by atoms with van der Waals surface area (Å²) in [5, 5.41) is 19.5. The van der Waals surface area contributed by atoms with Gasteiger partial charge in [-0.15, -0.1) is 0 Å². The van der Waals surface area contributed by atoms with Crippen LogP contribution in [0.15, 0.2) is 103 Å². The minimum atomic E-state index is -0.569. The van der Waals surface area contributed by atoms with Crippen molar-refractivity contribution in [2.24, 2.45) is 17.8 Å². The van der Waals surface area contributed by atoms with E-state index in [-0.39, 0.29) is 36.3 Å². The van der Waals surface area contributed by atoms with Crippen LogP contribution < -0.4 is 20.9 Å². The molecule has 10 heteroatoms. The smallest absolute Gasteiger partial charge is 0.315 e. The van der Waals surface area contributed by atoms with E-state index in [1.807, 2.05) is 42.5 Å². The van der Waals surface area contributed by atoms with Crippen LogP contribution in [0.5, 0.6) is 0 Å². The van der Waals surface area contributed by atoms with E-state index in [0.717, 1.165) is 109 Å². The minimum absolute atomic E-state index is 0.00306. The Morgan fingerprint density at radius 3 is 2.14 bits per heavy atom. The van der Waals surface area contributed by atoms with Gasteiger partial charge in [0.2, 0.25) is 5.91 Å². The van der Waals surface area contributed by atoms with Crippen LogP contribution in [-0.2, 0) is 27.4 Å². The largest absolute Gasteiger partial charge is 0.392 e. The van der Waals surface area contributed by atoms with Crippen LogP contribution in [-0.4, -0.2) is 65.4 Å². The molecule has 4 bridgehead atoms. The van der Waals surface area contributed by atoms with E-state index in [2.05, 4.69) is 86.4 Å². The zero-order valence-electron chi connectivity index (χ0n) is 33.9. The van der Waals surface area contributed by atoms with Gasteiger partial charge in [0.05, 0.1) is 25.5 Å². The lowest BCUT2D eigenvalue weighted by molar-refractivity contribution is -0.253. The van der Waals surface area contributed by atoms with E-state index in [0.29, 0.717) is 19.6 Å². The van der Waals surface area contributed by atoms with Gasteiger partial charge >= 0.3 is 6.03 Å². The highest BCUT2D eigenvalue weighted by Crippen LogP contribution is 2.55. The number of hydrogen-bond donors (Lipinski definition) is 4. The summed E-state index contributed by atoms with van der Waals surface area (Å²) < 4.78 is 13.5. The minimum Gasteiger partial charge on any atom is -0.392 e. The average Bonchev–Trinajstić information content (AvgIpc) is 3.57. The third-order valence-corrected chi connectivity index (χ3v) is 14.5. The maximum atomic E-state index is 13.3. The predicted octanol–water partition coefficient (Wildman–Crippen LogP) is 7.59. The van der Waals surface area contributed by atoms with Crippen LogP contribution in [0.2, 0.25) is 0 Å². The normalized spacial score (nSPS) is 29.7. The lowest BCUT2D eigenvalue weighted by Crippen LogP contribution is -2.61. The molecule has 7 fully saturated rings. The topological polar surface area (TPSA) is 115 Å². The van der Waals surface area contributed by atoms with Gasteiger partial charge < -0.3 is 40.3 Å². The number of hydrogen-bond acceptors (Lipinski definition) is 7. The number of benzene rings is 4. The quantitative estimate of drug-likeness (QED) is 0.131. The number of ether oxygens (including phenoxy) is 2. The summed E-state index contributed by atoms with van der Waals surface area (Å²) in [6.07, 6.45) is 8.80. The Kier molecular flexibility index (Phi) is 10.4. The standard InChI is InChI=1S/C49H57N5O5/c55-31-33-10-12-38(13-11-33)44-25-42(30-53-20-18-49(19-21-53)46(56)51-32-54(49)41-7-2-1-3-8-41)58-45(59-44)39-16-14-37(15-17-39)43-9-5-4-6-40(43)29-50-47(57)52-48-26-34-22-35(27-48)24-36(23-34)28-48/h1-17,34-36,42,44-45,55H,18-32H2,(H,51,56)(H2,50,52,57)/t34?,35?,36?,42-,44+,45+,48?/m1/s1. The number of carbonyl (C=O) groups is 2. The first-order valence-electron chi connectivity index (χ1n) is 21.9. The first-order chi connectivity index (χ1) is 28.8. The van der Waals surface area contributed by atoms with Crippen LogP contribution in [0.1, 0.15) is 92.4 Å². The number of piperidine rings is 1. The SMILES string of the molecule is O=C(NCc1ccccc1-c1ccc([C@H]2O[C@@H](CN3CCC4(CC3)C(=O)NCN4c3ccccc3)C[C@@H](c3ccc(CO)cc3)O2)cc1)NC12CC3CC(CC(C3)C1)C2. The molecule has 4 aromatic rings. The van der Waals surface area contributed by atoms with Gasteiger partial charge in [-0.2, -0.15) is 0 Å². The molecule has 0 aromatic heterocycles. The van der Waals surface area contributed by atoms with E-state index in [9.17, 15) is 14.7 Å². The molecule has 308 valence electrons. The van der Waals surface area contributed by atoms with E-state index in [1.54, 1.807) is 0 Å². The van der Waals surface area contributed by atoms with Crippen LogP contribution in [0.25, 0.3) is 11.1 Å². The molecule has 1 spiro atoms. The Bertz CT molecular complexity index is 2080. The summed E-state index contributed by atoms with van der Waals surface area (Å²) in [7, 11) is 0.